The molecule has 0 unspecified atom stereocenters. The van der Waals surface area contributed by atoms with E-state index >= 15 is 0 Å². The number of benzene rings is 1. The molecule has 1 aromatic carbocycles. The number of fused-ring (bicyclic) bond motifs is 3. The normalized spacial score (nSPS) is 12.1. The predicted octanol–water partition coefficient (Wildman–Crippen LogP) is 5.57. The van der Waals surface area contributed by atoms with E-state index in [0.29, 0.717) is 36.7 Å². The van der Waals surface area contributed by atoms with Crippen molar-refractivity contribution in [1.29, 1.82) is 0 Å². The molecular formula is C28H34N4O5S. The van der Waals surface area contributed by atoms with Gasteiger partial charge in [0.2, 0.25) is 0 Å². The fraction of sp³-hybridized carbons (Fsp3) is 0.393. The van der Waals surface area contributed by atoms with Crippen LogP contribution in [0.15, 0.2) is 34.5 Å². The van der Waals surface area contributed by atoms with Gasteiger partial charge in [-0.25, -0.2) is 9.48 Å². The lowest BCUT2D eigenvalue weighted by atomic mass is 9.98. The van der Waals surface area contributed by atoms with Crippen LogP contribution in [0, 0.1) is 0 Å². The Labute approximate surface area is 226 Å². The van der Waals surface area contributed by atoms with E-state index in [-0.39, 0.29) is 12.5 Å². The number of methoxy groups -OCH3 is 1. The minimum absolute atomic E-state index is 0.209. The number of ether oxygens (including phenoxy) is 3. The second kappa shape index (κ2) is 11.3. The van der Waals surface area contributed by atoms with Crippen LogP contribution in [0.1, 0.15) is 62.7 Å². The second-order valence-electron chi connectivity index (χ2n) is 10.2. The summed E-state index contributed by atoms with van der Waals surface area (Å²) in [7, 11) is 1.64. The third-order valence-electron chi connectivity index (χ3n) is 5.66. The number of rotatable bonds is 8. The maximum absolute atomic E-state index is 13.2. The molecule has 2 aromatic heterocycles. The molecule has 3 heterocycles. The van der Waals surface area contributed by atoms with Crippen molar-refractivity contribution in [3.8, 4) is 28.4 Å². The van der Waals surface area contributed by atoms with E-state index in [1.54, 1.807) is 18.4 Å². The van der Waals surface area contributed by atoms with Gasteiger partial charge in [-0.1, -0.05) is 11.6 Å². The quantitative estimate of drug-likeness (QED) is 0.364. The monoisotopic (exact) mass is 538 g/mol. The Morgan fingerprint density at radius 3 is 2.63 bits per heavy atom. The molecule has 38 heavy (non-hydrogen) atoms. The van der Waals surface area contributed by atoms with Gasteiger partial charge in [0.05, 0.1) is 18.5 Å². The number of nitrogens with one attached hydrogen (secondary N) is 2. The van der Waals surface area contributed by atoms with Crippen molar-refractivity contribution in [2.24, 2.45) is 0 Å². The molecule has 0 aliphatic carbocycles. The van der Waals surface area contributed by atoms with Gasteiger partial charge in [-0.3, -0.25) is 4.79 Å². The van der Waals surface area contributed by atoms with Crippen LogP contribution in [0.25, 0.3) is 23.0 Å². The van der Waals surface area contributed by atoms with Crippen LogP contribution in [0.4, 0.5) is 4.79 Å². The van der Waals surface area contributed by atoms with Crippen LogP contribution >= 0.6 is 11.3 Å². The van der Waals surface area contributed by atoms with Crippen molar-refractivity contribution >= 4 is 29.4 Å². The Morgan fingerprint density at radius 1 is 1.21 bits per heavy atom. The molecule has 0 bridgehead atoms. The molecule has 0 spiro atoms. The third-order valence-corrected chi connectivity index (χ3v) is 6.33. The molecule has 0 radical (unpaired) electrons. The molecule has 1 aliphatic heterocycles. The first-order valence-corrected chi connectivity index (χ1v) is 13.4. The topological polar surface area (TPSA) is 104 Å². The van der Waals surface area contributed by atoms with E-state index in [0.717, 1.165) is 33.6 Å². The zero-order chi connectivity index (χ0) is 27.4. The summed E-state index contributed by atoms with van der Waals surface area (Å²) in [6, 6.07) is 5.88. The molecule has 4 rings (SSSR count). The molecule has 1 aliphatic rings. The Balaban J connectivity index is 1.58. The summed E-state index contributed by atoms with van der Waals surface area (Å²) in [5, 5.41) is 14.3. The number of thiophene rings is 1. The Morgan fingerprint density at radius 2 is 1.97 bits per heavy atom. The first-order chi connectivity index (χ1) is 18.1. The van der Waals surface area contributed by atoms with Crippen molar-refractivity contribution in [3.05, 3.63) is 51.4 Å². The van der Waals surface area contributed by atoms with Gasteiger partial charge < -0.3 is 24.8 Å². The molecule has 2 N–H and O–H groups in total. The Bertz CT molecular complexity index is 1350. The predicted molar refractivity (Wildman–Crippen MR) is 148 cm³/mol. The van der Waals surface area contributed by atoms with Crippen LogP contribution in [-0.4, -0.2) is 47.6 Å². The number of alkyl carbamates (subject to hydrolysis) is 1. The maximum Gasteiger partial charge on any atom is 0.407 e. The highest BCUT2D eigenvalue weighted by molar-refractivity contribution is 7.08. The van der Waals surface area contributed by atoms with Gasteiger partial charge in [0.1, 0.15) is 23.7 Å². The molecule has 0 saturated heterocycles. The summed E-state index contributed by atoms with van der Waals surface area (Å²) in [4.78, 5) is 25.0. The average Bonchev–Trinajstić information content (AvgIpc) is 3.50. The number of aromatic nitrogens is 2. The summed E-state index contributed by atoms with van der Waals surface area (Å²) in [5.74, 6) is 1.10. The molecule has 3 aromatic rings. The van der Waals surface area contributed by atoms with Crippen molar-refractivity contribution in [3.63, 3.8) is 0 Å². The lowest BCUT2D eigenvalue weighted by Crippen LogP contribution is -2.34. The van der Waals surface area contributed by atoms with Gasteiger partial charge >= 0.3 is 6.09 Å². The van der Waals surface area contributed by atoms with Crippen molar-refractivity contribution in [2.75, 3.05) is 20.2 Å². The fourth-order valence-corrected chi connectivity index (χ4v) is 4.74. The number of hydrogen-bond acceptors (Lipinski definition) is 7. The van der Waals surface area contributed by atoms with Crippen LogP contribution < -0.4 is 20.1 Å². The molecule has 9 nitrogen and oxygen atoms in total. The lowest BCUT2D eigenvalue weighted by molar-refractivity contribution is 0.0527. The highest BCUT2D eigenvalue weighted by Gasteiger charge is 2.31. The van der Waals surface area contributed by atoms with Crippen LogP contribution in [0.5, 0.6) is 11.5 Å². The summed E-state index contributed by atoms with van der Waals surface area (Å²) in [6.45, 7) is 10.4. The number of carbonyl (C=O) groups excluding carboxylic acids is 2. The minimum atomic E-state index is -0.559. The number of carbonyl (C=O) groups is 2. The maximum atomic E-state index is 13.2. The van der Waals surface area contributed by atoms with E-state index in [9.17, 15) is 9.59 Å². The largest absolute Gasteiger partial charge is 0.496 e. The van der Waals surface area contributed by atoms with E-state index < -0.39 is 11.7 Å². The number of nitrogens with zero attached hydrogens (tertiary/aromatic N) is 2. The molecule has 0 atom stereocenters. The van der Waals surface area contributed by atoms with Crippen LogP contribution in [-0.2, 0) is 11.3 Å². The van der Waals surface area contributed by atoms with Gasteiger partial charge in [0.25, 0.3) is 5.91 Å². The first kappa shape index (κ1) is 27.3. The average molecular weight is 539 g/mol. The summed E-state index contributed by atoms with van der Waals surface area (Å²) in [6.07, 6.45) is 2.12. The second-order valence-corrected chi connectivity index (χ2v) is 11.0. The molecule has 10 heteroatoms. The molecule has 2 amide bonds. The highest BCUT2D eigenvalue weighted by atomic mass is 32.1. The molecule has 0 fully saturated rings. The fourth-order valence-electron chi connectivity index (χ4n) is 4.12. The van der Waals surface area contributed by atoms with Crippen molar-refractivity contribution < 1.29 is 23.8 Å². The smallest absolute Gasteiger partial charge is 0.407 e. The van der Waals surface area contributed by atoms with Gasteiger partial charge in [-0.2, -0.15) is 16.4 Å². The summed E-state index contributed by atoms with van der Waals surface area (Å²) < 4.78 is 18.7. The zero-order valence-corrected chi connectivity index (χ0v) is 23.5. The van der Waals surface area contributed by atoms with Gasteiger partial charge in [-0.15, -0.1) is 0 Å². The number of hydrogen-bond donors (Lipinski definition) is 2. The SMILES string of the molecule is COc1cc2c(cc1C=C(C)C)-c1c(c(C(=O)NCCCNC(=O)OC(C)(C)C)nn1-c1ccsc1)CO2. The van der Waals surface area contributed by atoms with E-state index in [2.05, 4.69) is 16.7 Å². The highest BCUT2D eigenvalue weighted by Crippen LogP contribution is 2.44. The van der Waals surface area contributed by atoms with E-state index in [4.69, 9.17) is 19.3 Å². The van der Waals surface area contributed by atoms with Gasteiger partial charge in [-0.05, 0) is 58.6 Å². The number of amides is 2. The van der Waals surface area contributed by atoms with Crippen molar-refractivity contribution in [1.82, 2.24) is 20.4 Å². The lowest BCUT2D eigenvalue weighted by Gasteiger charge is -2.21. The zero-order valence-electron chi connectivity index (χ0n) is 22.6. The Kier molecular flexibility index (Phi) is 8.11. The molecule has 202 valence electrons. The standard InChI is InChI=1S/C28H34N4O5S/c1-17(2)12-18-13-20-23(14-22(18)35-6)36-15-21-24(31-32(25(20)21)19-8-11-38-16-19)26(33)29-9-7-10-30-27(34)37-28(3,4)5/h8,11-14,16H,7,9-10,15H2,1-6H3,(H,29,33)(H,30,34). The van der Waals surface area contributed by atoms with Gasteiger partial charge in [0, 0.05) is 41.2 Å². The van der Waals surface area contributed by atoms with Crippen molar-refractivity contribution in [2.45, 2.75) is 53.2 Å². The Hall–Kier alpha value is -3.79. The van der Waals surface area contributed by atoms with E-state index in [1.807, 2.05) is 68.3 Å². The number of allylic oxidation sites excluding steroid dienone is 1. The van der Waals surface area contributed by atoms with Crippen LogP contribution in [0.3, 0.4) is 0 Å². The van der Waals surface area contributed by atoms with Crippen LogP contribution in [0.2, 0.25) is 0 Å². The third kappa shape index (κ3) is 6.19. The van der Waals surface area contributed by atoms with Gasteiger partial charge in [0.15, 0.2) is 5.69 Å². The minimum Gasteiger partial charge on any atom is -0.496 e. The van der Waals surface area contributed by atoms with E-state index in [1.165, 1.54) is 0 Å². The summed E-state index contributed by atoms with van der Waals surface area (Å²) in [5.41, 5.74) is 5.08. The summed E-state index contributed by atoms with van der Waals surface area (Å²) >= 11 is 1.56. The molecule has 0 saturated carbocycles. The first-order valence-electron chi connectivity index (χ1n) is 12.5. The molecular weight excluding hydrogens is 504 g/mol.